The van der Waals surface area contributed by atoms with Crippen molar-refractivity contribution in [2.24, 2.45) is 39.7 Å². The number of likely N-dealkylation sites (N-methyl/N-ethyl adjacent to an activating group) is 1. The summed E-state index contributed by atoms with van der Waals surface area (Å²) in [5.41, 5.74) is -1.17. The summed E-state index contributed by atoms with van der Waals surface area (Å²) >= 11 is 0. The molecule has 16 nitrogen and oxygen atoms in total. The van der Waals surface area contributed by atoms with E-state index in [1.165, 1.54) is 13.8 Å². The van der Waals surface area contributed by atoms with Crippen molar-refractivity contribution in [3.05, 3.63) is 42.4 Å². The van der Waals surface area contributed by atoms with Gasteiger partial charge in [-0.3, -0.25) is 14.4 Å². The number of Topliss-reactive ketones (excluding diaryl/α,β-unsaturated/α-hetero) is 1. The topological polar surface area (TPSA) is 196 Å². The first kappa shape index (κ1) is 48.1. The van der Waals surface area contributed by atoms with E-state index in [4.69, 9.17) is 23.8 Å². The lowest BCUT2D eigenvalue weighted by molar-refractivity contribution is -0.296. The normalized spacial score (nSPS) is 37.2. The fourth-order valence-corrected chi connectivity index (χ4v) is 9.53. The van der Waals surface area contributed by atoms with Crippen LogP contribution in [0.25, 0.3) is 5.82 Å². The molecule has 0 radical (unpaired) electrons. The smallest absolute Gasteiger partial charge is 0.316 e. The molecule has 3 aliphatic heterocycles. The maximum atomic E-state index is 14.6. The summed E-state index contributed by atoms with van der Waals surface area (Å²) in [7, 11) is 1.93. The summed E-state index contributed by atoms with van der Waals surface area (Å²) < 4.78 is 27.9. The molecule has 2 aromatic heterocycles. The number of hydrogen-bond donors (Lipinski definition) is 2. The molecule has 61 heavy (non-hydrogen) atoms. The average molecular weight is 853 g/mol. The van der Waals surface area contributed by atoms with Gasteiger partial charge in [0.25, 0.3) is 0 Å². The molecule has 3 fully saturated rings. The number of ketones is 1. The van der Waals surface area contributed by atoms with Crippen LogP contribution < -0.4 is 0 Å². The molecule has 16 heteroatoms. The van der Waals surface area contributed by atoms with E-state index in [0.717, 1.165) is 5.56 Å². The summed E-state index contributed by atoms with van der Waals surface area (Å²) in [6, 6.07) is 5.23. The Morgan fingerprint density at radius 1 is 1.11 bits per heavy atom. The number of aromatic nitrogens is 3. The minimum Gasteiger partial charge on any atom is -0.459 e. The number of cyclic esters (lactones) is 1. The van der Waals surface area contributed by atoms with Crippen molar-refractivity contribution in [3.63, 3.8) is 0 Å². The molecule has 0 aliphatic carbocycles. The molecule has 3 saturated heterocycles. The average Bonchev–Trinajstić information content (AvgIpc) is 3.77. The van der Waals surface area contributed by atoms with Crippen LogP contribution in [0.3, 0.4) is 0 Å². The summed E-state index contributed by atoms with van der Waals surface area (Å²) in [4.78, 5) is 58.5. The molecule has 13 atom stereocenters. The van der Waals surface area contributed by atoms with Gasteiger partial charge >= 0.3 is 5.97 Å². The number of amides is 1. The van der Waals surface area contributed by atoms with Crippen molar-refractivity contribution in [1.82, 2.24) is 19.7 Å². The Morgan fingerprint density at radius 3 is 2.48 bits per heavy atom. The number of aliphatic hydroxyl groups excluding tert-OH is 1. The fourth-order valence-electron chi connectivity index (χ4n) is 9.53. The highest BCUT2D eigenvalue weighted by atomic mass is 16.7. The second-order valence-electron chi connectivity index (χ2n) is 17.8. The van der Waals surface area contributed by atoms with Crippen LogP contribution in [0.5, 0.6) is 0 Å². The van der Waals surface area contributed by atoms with E-state index in [2.05, 4.69) is 20.2 Å². The van der Waals surface area contributed by atoms with Gasteiger partial charge in [-0.2, -0.15) is 5.10 Å². The molecule has 2 N–H and O–H groups in total. The minimum absolute atomic E-state index is 0.0588. The molecule has 0 spiro atoms. The zero-order chi connectivity index (χ0) is 44.8. The highest BCUT2D eigenvalue weighted by Crippen LogP contribution is 2.42. The van der Waals surface area contributed by atoms with Gasteiger partial charge in [-0.05, 0) is 97.4 Å². The number of nitrogens with zero attached hydrogens (tertiary/aromatic N) is 6. The lowest BCUT2D eigenvalue weighted by Gasteiger charge is -2.48. The molecular formula is C45H68N6O10. The number of aliphatic hydroxyl groups is 2. The molecule has 0 unspecified atom stereocenters. The van der Waals surface area contributed by atoms with Crippen LogP contribution in [0.2, 0.25) is 0 Å². The Kier molecular flexibility index (Phi) is 16.2. The van der Waals surface area contributed by atoms with E-state index in [-0.39, 0.29) is 44.6 Å². The number of rotatable bonds is 9. The largest absolute Gasteiger partial charge is 0.459 e. The van der Waals surface area contributed by atoms with Crippen LogP contribution in [-0.4, -0.2) is 127 Å². The lowest BCUT2D eigenvalue weighted by Crippen LogP contribution is -2.60. The maximum Gasteiger partial charge on any atom is 0.316 e. The van der Waals surface area contributed by atoms with Crippen molar-refractivity contribution in [3.8, 4) is 5.82 Å². The van der Waals surface area contributed by atoms with E-state index in [1.807, 2.05) is 71.7 Å². The SMILES string of the molecule is CC[C@H]1OC(=O)[C@H](C)C(=O)[C@H](C)[C@@H](O[C@@H]2O[C@H](C)C[C@H](N(C)CC)[C@H]2O)[C@@]2(C)C[C@@H](C)C(=NC(C)=O)[C@H](C)[C@@H](CC/C(=N\OCc3ccc(-n4cccn4)nc3)CO2)[C@]1(C)O. The van der Waals surface area contributed by atoms with Crippen molar-refractivity contribution < 1.29 is 48.4 Å². The van der Waals surface area contributed by atoms with Gasteiger partial charge in [-0.1, -0.05) is 45.8 Å². The van der Waals surface area contributed by atoms with Crippen molar-refractivity contribution >= 4 is 29.1 Å². The summed E-state index contributed by atoms with van der Waals surface area (Å²) in [6.07, 6.45) is 2.14. The summed E-state index contributed by atoms with van der Waals surface area (Å²) in [5, 5.41) is 33.2. The standard InChI is InChI=1S/C45H68N6O10/c1-12-36-45(10,56)34-17-16-33(49-58-24-32-15-18-37(46-23-32)51-20-14-19-47-51)25-57-44(9,22-26(3)38(28(34)5)48-31(8)52)41(29(6)39(53)30(7)42(55)60-36)61-43-40(54)35(50(11)13-2)21-27(4)59-43/h14-15,18-20,23,26-30,34-36,40-41,43,54,56H,12-13,16-17,21-22,24-25H2,1-11H3/b48-38?,49-33+/t26-,27-,28-,29+,30-,34-,35+,36-,40-,41-,43+,44-,45+/m1/s1. The van der Waals surface area contributed by atoms with E-state index in [1.54, 1.807) is 37.1 Å². The lowest BCUT2D eigenvalue weighted by atomic mass is 9.68. The Bertz CT molecular complexity index is 1850. The van der Waals surface area contributed by atoms with Gasteiger partial charge in [0.2, 0.25) is 5.91 Å². The van der Waals surface area contributed by atoms with Gasteiger partial charge in [0.1, 0.15) is 30.3 Å². The van der Waals surface area contributed by atoms with Crippen LogP contribution in [-0.2, 0) is 44.8 Å². The number of fused-ring (bicyclic) bond motifs is 5. The van der Waals surface area contributed by atoms with Crippen LogP contribution in [0.15, 0.2) is 46.9 Å². The first-order valence-corrected chi connectivity index (χ1v) is 21.8. The molecule has 2 aromatic rings. The molecule has 3 aliphatic rings. The number of oxime groups is 1. The number of ether oxygens (including phenoxy) is 4. The molecule has 5 heterocycles. The number of hydrogen-bond acceptors (Lipinski definition) is 14. The third-order valence-corrected chi connectivity index (χ3v) is 13.1. The second-order valence-corrected chi connectivity index (χ2v) is 17.8. The Hall–Kier alpha value is -3.93. The third-order valence-electron chi connectivity index (χ3n) is 13.1. The first-order valence-electron chi connectivity index (χ1n) is 21.8. The van der Waals surface area contributed by atoms with Crippen LogP contribution in [0.1, 0.15) is 107 Å². The van der Waals surface area contributed by atoms with Crippen LogP contribution in [0.4, 0.5) is 0 Å². The molecule has 1 amide bonds. The van der Waals surface area contributed by atoms with Crippen LogP contribution >= 0.6 is 0 Å². The number of carbonyl (C=O) groups is 3. The van der Waals surface area contributed by atoms with Crippen molar-refractivity contribution in [2.45, 2.75) is 156 Å². The van der Waals surface area contributed by atoms with E-state index in [0.29, 0.717) is 36.6 Å². The van der Waals surface area contributed by atoms with Gasteiger partial charge in [-0.25, -0.2) is 14.7 Å². The van der Waals surface area contributed by atoms with Gasteiger partial charge in [0.15, 0.2) is 17.9 Å². The zero-order valence-corrected chi connectivity index (χ0v) is 37.8. The van der Waals surface area contributed by atoms with E-state index in [9.17, 15) is 24.6 Å². The highest BCUT2D eigenvalue weighted by molar-refractivity contribution is 6.00. The van der Waals surface area contributed by atoms with Gasteiger partial charge in [-0.15, -0.1) is 0 Å². The van der Waals surface area contributed by atoms with E-state index >= 15 is 0 Å². The third kappa shape index (κ3) is 11.2. The minimum atomic E-state index is -1.63. The van der Waals surface area contributed by atoms with Gasteiger partial charge in [0, 0.05) is 54.7 Å². The summed E-state index contributed by atoms with van der Waals surface area (Å²) in [6.45, 7) is 18.4. The second kappa shape index (κ2) is 20.5. The molecular weight excluding hydrogens is 785 g/mol. The Morgan fingerprint density at radius 2 is 1.85 bits per heavy atom. The maximum absolute atomic E-state index is 14.6. The number of esters is 1. The summed E-state index contributed by atoms with van der Waals surface area (Å²) in [5.74, 6) is -4.78. The fraction of sp³-hybridized carbons (Fsp3) is 0.711. The highest BCUT2D eigenvalue weighted by Gasteiger charge is 2.52. The predicted octanol–water partition coefficient (Wildman–Crippen LogP) is 5.10. The zero-order valence-electron chi connectivity index (χ0n) is 37.8. The van der Waals surface area contributed by atoms with Crippen molar-refractivity contribution in [1.29, 1.82) is 0 Å². The predicted molar refractivity (Wildman–Crippen MR) is 228 cm³/mol. The quantitative estimate of drug-likeness (QED) is 0.192. The van der Waals surface area contributed by atoms with Gasteiger partial charge < -0.3 is 38.9 Å². The molecule has 5 rings (SSSR count). The van der Waals surface area contributed by atoms with Gasteiger partial charge in [0.05, 0.1) is 30.1 Å². The molecule has 0 saturated carbocycles. The Labute approximate surface area is 360 Å². The number of aliphatic imine (C=N–C) groups is 1. The molecule has 2 bridgehead atoms. The molecule has 338 valence electrons. The number of pyridine rings is 1. The first-order chi connectivity index (χ1) is 28.8. The molecule has 0 aromatic carbocycles. The Balaban J connectivity index is 1.63. The van der Waals surface area contributed by atoms with Crippen LogP contribution in [0, 0.1) is 29.6 Å². The van der Waals surface area contributed by atoms with Crippen molar-refractivity contribution in [2.75, 3.05) is 20.2 Å². The van der Waals surface area contributed by atoms with E-state index < -0.39 is 83.1 Å². The monoisotopic (exact) mass is 852 g/mol. The number of carbonyl (C=O) groups excluding carboxylic acids is 3.